The van der Waals surface area contributed by atoms with E-state index in [0.29, 0.717) is 5.52 Å². The molecule has 0 aliphatic carbocycles. The Balaban J connectivity index is 2.18. The van der Waals surface area contributed by atoms with Gasteiger partial charge in [0.05, 0.1) is 20.2 Å². The van der Waals surface area contributed by atoms with Crippen molar-refractivity contribution in [1.29, 1.82) is 0 Å². The number of alkyl halides is 3. The van der Waals surface area contributed by atoms with Gasteiger partial charge in [-0.3, -0.25) is 0 Å². The second-order valence-electron chi connectivity index (χ2n) is 8.01. The lowest BCUT2D eigenvalue weighted by molar-refractivity contribution is -0.138. The predicted octanol–water partition coefficient (Wildman–Crippen LogP) is 5.43. The standard InChI is InChI=1S/C22H24F3NO2Si/c1-5-28-21(27)20-13-16-12-17(29(2,3)4)10-11-19(16)26(20)14-15-8-6-7-9-18(15)22(23,24)25/h6-13H,5,14H2,1-4H3. The lowest BCUT2D eigenvalue weighted by Gasteiger charge is -2.18. The summed E-state index contributed by atoms with van der Waals surface area (Å²) in [6.45, 7) is 8.48. The van der Waals surface area contributed by atoms with Crippen LogP contribution in [0.4, 0.5) is 13.2 Å². The Kier molecular flexibility index (Phi) is 5.62. The fraction of sp³-hybridized carbons (Fsp3) is 0.318. The summed E-state index contributed by atoms with van der Waals surface area (Å²) in [5.41, 5.74) is 0.381. The number of hydrogen-bond acceptors (Lipinski definition) is 2. The maximum absolute atomic E-state index is 13.5. The van der Waals surface area contributed by atoms with Crippen LogP contribution >= 0.6 is 0 Å². The van der Waals surface area contributed by atoms with E-state index >= 15 is 0 Å². The number of ether oxygens (including phenoxy) is 1. The number of carbonyl (C=O) groups excluding carboxylic acids is 1. The number of rotatable bonds is 5. The van der Waals surface area contributed by atoms with E-state index in [1.54, 1.807) is 23.6 Å². The van der Waals surface area contributed by atoms with Crippen molar-refractivity contribution in [1.82, 2.24) is 4.57 Å². The molecule has 1 heterocycles. The second kappa shape index (κ2) is 7.70. The smallest absolute Gasteiger partial charge is 0.416 e. The Hall–Kier alpha value is -2.54. The van der Waals surface area contributed by atoms with Crippen molar-refractivity contribution in [2.45, 2.75) is 39.3 Å². The molecule has 0 amide bonds. The molecule has 0 saturated carbocycles. The van der Waals surface area contributed by atoms with E-state index < -0.39 is 25.8 Å². The zero-order valence-corrected chi connectivity index (χ0v) is 17.9. The van der Waals surface area contributed by atoms with Crippen molar-refractivity contribution in [3.63, 3.8) is 0 Å². The molecule has 0 N–H and O–H groups in total. The van der Waals surface area contributed by atoms with Crippen LogP contribution in [0, 0.1) is 0 Å². The first-order chi connectivity index (χ1) is 13.5. The highest BCUT2D eigenvalue weighted by atomic mass is 28.3. The third-order valence-corrected chi connectivity index (χ3v) is 6.95. The van der Waals surface area contributed by atoms with Crippen molar-refractivity contribution in [2.75, 3.05) is 6.61 Å². The number of hydrogen-bond donors (Lipinski definition) is 0. The highest BCUT2D eigenvalue weighted by molar-refractivity contribution is 6.88. The van der Waals surface area contributed by atoms with Gasteiger partial charge in [0.25, 0.3) is 0 Å². The van der Waals surface area contributed by atoms with Gasteiger partial charge in [-0.05, 0) is 30.7 Å². The lowest BCUT2D eigenvalue weighted by Crippen LogP contribution is -2.37. The van der Waals surface area contributed by atoms with Gasteiger partial charge in [0, 0.05) is 17.4 Å². The molecule has 0 aliphatic heterocycles. The summed E-state index contributed by atoms with van der Waals surface area (Å²) in [5, 5.41) is 2.05. The Morgan fingerprint density at radius 2 is 1.76 bits per heavy atom. The van der Waals surface area contributed by atoms with Crippen molar-refractivity contribution in [2.24, 2.45) is 0 Å². The molecule has 7 heteroatoms. The van der Waals surface area contributed by atoms with E-state index in [1.807, 2.05) is 18.2 Å². The van der Waals surface area contributed by atoms with Crippen LogP contribution in [0.2, 0.25) is 19.6 Å². The number of aromatic nitrogens is 1. The highest BCUT2D eigenvalue weighted by Crippen LogP contribution is 2.33. The van der Waals surface area contributed by atoms with Gasteiger partial charge < -0.3 is 9.30 Å². The van der Waals surface area contributed by atoms with Gasteiger partial charge in [0.15, 0.2) is 0 Å². The van der Waals surface area contributed by atoms with Crippen LogP contribution in [0.5, 0.6) is 0 Å². The van der Waals surface area contributed by atoms with E-state index in [1.165, 1.54) is 17.3 Å². The summed E-state index contributed by atoms with van der Waals surface area (Å²) in [5.74, 6) is -0.539. The quantitative estimate of drug-likeness (QED) is 0.408. The first-order valence-electron chi connectivity index (χ1n) is 9.48. The van der Waals surface area contributed by atoms with Gasteiger partial charge in [-0.25, -0.2) is 4.79 Å². The van der Waals surface area contributed by atoms with Gasteiger partial charge >= 0.3 is 12.1 Å². The molecule has 29 heavy (non-hydrogen) atoms. The zero-order chi connectivity index (χ0) is 21.4. The molecule has 154 valence electrons. The van der Waals surface area contributed by atoms with E-state index in [2.05, 4.69) is 19.6 Å². The van der Waals surface area contributed by atoms with Gasteiger partial charge in [-0.15, -0.1) is 0 Å². The fourth-order valence-corrected chi connectivity index (χ4v) is 4.56. The summed E-state index contributed by atoms with van der Waals surface area (Å²) < 4.78 is 47.2. The SMILES string of the molecule is CCOC(=O)c1cc2cc([Si](C)(C)C)ccc2n1Cc1ccccc1C(F)(F)F. The number of halogens is 3. The minimum atomic E-state index is -4.46. The summed E-state index contributed by atoms with van der Waals surface area (Å²) in [6.07, 6.45) is -4.46. The molecule has 0 radical (unpaired) electrons. The zero-order valence-electron chi connectivity index (χ0n) is 16.9. The number of esters is 1. The normalized spacial score (nSPS) is 12.4. The Morgan fingerprint density at radius 1 is 1.07 bits per heavy atom. The lowest BCUT2D eigenvalue weighted by atomic mass is 10.1. The van der Waals surface area contributed by atoms with E-state index in [4.69, 9.17) is 4.74 Å². The van der Waals surface area contributed by atoms with Crippen molar-refractivity contribution in [3.8, 4) is 0 Å². The molecule has 0 bridgehead atoms. The number of benzene rings is 2. The minimum absolute atomic E-state index is 0.0698. The third-order valence-electron chi connectivity index (χ3n) is 4.90. The molecule has 0 saturated heterocycles. The molecule has 0 aliphatic rings. The molecular formula is C22H24F3NO2Si. The van der Waals surface area contributed by atoms with Gasteiger partial charge in [0.2, 0.25) is 0 Å². The van der Waals surface area contributed by atoms with E-state index in [9.17, 15) is 18.0 Å². The van der Waals surface area contributed by atoms with Crippen LogP contribution in [0.15, 0.2) is 48.5 Å². The van der Waals surface area contributed by atoms with Gasteiger partial charge in [-0.1, -0.05) is 55.2 Å². The maximum Gasteiger partial charge on any atom is 0.416 e. The van der Waals surface area contributed by atoms with Crippen LogP contribution in [0.3, 0.4) is 0 Å². The molecule has 3 nitrogen and oxygen atoms in total. The molecule has 0 atom stereocenters. The monoisotopic (exact) mass is 419 g/mol. The first-order valence-corrected chi connectivity index (χ1v) is 13.0. The van der Waals surface area contributed by atoms with Crippen LogP contribution in [-0.2, 0) is 17.5 Å². The Morgan fingerprint density at radius 3 is 2.38 bits per heavy atom. The molecule has 3 rings (SSSR count). The van der Waals surface area contributed by atoms with E-state index in [-0.39, 0.29) is 24.4 Å². The highest BCUT2D eigenvalue weighted by Gasteiger charge is 2.33. The van der Waals surface area contributed by atoms with E-state index in [0.717, 1.165) is 11.5 Å². The molecule has 0 unspecified atom stereocenters. The van der Waals surface area contributed by atoms with Gasteiger partial charge in [-0.2, -0.15) is 13.2 Å². The largest absolute Gasteiger partial charge is 0.461 e. The summed E-state index contributed by atoms with van der Waals surface area (Å²) in [6, 6.07) is 13.1. The first kappa shape index (κ1) is 21.2. The van der Waals surface area contributed by atoms with Crippen molar-refractivity contribution >= 4 is 30.1 Å². The predicted molar refractivity (Wildman–Crippen MR) is 111 cm³/mol. The Labute approximate surface area is 169 Å². The summed E-state index contributed by atoms with van der Waals surface area (Å²) in [4.78, 5) is 12.5. The fourth-order valence-electron chi connectivity index (χ4n) is 3.39. The van der Waals surface area contributed by atoms with Gasteiger partial charge in [0.1, 0.15) is 5.69 Å². The minimum Gasteiger partial charge on any atom is -0.461 e. The van der Waals surface area contributed by atoms with Crippen LogP contribution < -0.4 is 5.19 Å². The topological polar surface area (TPSA) is 31.2 Å². The van der Waals surface area contributed by atoms with Crippen LogP contribution in [0.25, 0.3) is 10.9 Å². The molecule has 1 aromatic heterocycles. The van der Waals surface area contributed by atoms with Crippen LogP contribution in [-0.4, -0.2) is 25.2 Å². The van der Waals surface area contributed by atoms with Crippen molar-refractivity contribution in [3.05, 3.63) is 65.4 Å². The second-order valence-corrected chi connectivity index (χ2v) is 13.1. The van der Waals surface area contributed by atoms with Crippen molar-refractivity contribution < 1.29 is 22.7 Å². The Bertz CT molecular complexity index is 1050. The number of nitrogens with zero attached hydrogens (tertiary/aromatic N) is 1. The average molecular weight is 420 g/mol. The number of carbonyl (C=O) groups is 1. The number of fused-ring (bicyclic) bond motifs is 1. The average Bonchev–Trinajstić information content (AvgIpc) is 2.99. The molecule has 0 spiro atoms. The third kappa shape index (κ3) is 4.39. The molecular weight excluding hydrogens is 395 g/mol. The molecule has 0 fully saturated rings. The molecule has 3 aromatic rings. The summed E-state index contributed by atoms with van der Waals surface area (Å²) in [7, 11) is -1.58. The molecule has 2 aromatic carbocycles. The maximum atomic E-state index is 13.5. The summed E-state index contributed by atoms with van der Waals surface area (Å²) >= 11 is 0. The van der Waals surface area contributed by atoms with Crippen LogP contribution in [0.1, 0.15) is 28.5 Å².